The number of hydrogen-bond donors (Lipinski definition) is 3. The van der Waals surface area contributed by atoms with Crippen LogP contribution in [-0.4, -0.2) is 120 Å². The number of pyridine rings is 1. The van der Waals surface area contributed by atoms with Crippen molar-refractivity contribution in [3.8, 4) is 17.1 Å². The summed E-state index contributed by atoms with van der Waals surface area (Å²) in [5.41, 5.74) is 4.70. The van der Waals surface area contributed by atoms with Gasteiger partial charge in [0.1, 0.15) is 6.04 Å². The second-order valence-electron chi connectivity index (χ2n) is 11.6. The first-order chi connectivity index (χ1) is 24.2. The maximum atomic E-state index is 14.0. The van der Waals surface area contributed by atoms with E-state index in [9.17, 15) is 37.5 Å². The molecule has 0 saturated carbocycles. The monoisotopic (exact) mass is 730 g/mol. The second kappa shape index (κ2) is 13.9. The number of anilines is 2. The van der Waals surface area contributed by atoms with Gasteiger partial charge in [0.25, 0.3) is 11.8 Å². The molecule has 4 aromatic rings. The van der Waals surface area contributed by atoms with Gasteiger partial charge in [0, 0.05) is 51.7 Å². The topological polar surface area (TPSA) is 194 Å². The van der Waals surface area contributed by atoms with E-state index in [0.29, 0.717) is 5.69 Å². The molecule has 2 fully saturated rings. The van der Waals surface area contributed by atoms with Crippen LogP contribution in [0.4, 0.5) is 29.3 Å². The Bertz CT molecular complexity index is 1990. The van der Waals surface area contributed by atoms with Crippen LogP contribution in [0.5, 0.6) is 0 Å². The summed E-state index contributed by atoms with van der Waals surface area (Å²) in [6.07, 6.45) is -2.51. The summed E-state index contributed by atoms with van der Waals surface area (Å²) in [7, 11) is 1.38. The van der Waals surface area contributed by atoms with Crippen LogP contribution >= 0.6 is 11.6 Å². The molecule has 20 heteroatoms. The molecule has 2 aliphatic rings. The number of halogens is 4. The molecule has 0 aliphatic carbocycles. The molecule has 2 saturated heterocycles. The van der Waals surface area contributed by atoms with Crippen LogP contribution in [0, 0.1) is 0 Å². The fourth-order valence-electron chi connectivity index (χ4n) is 5.79. The smallest absolute Gasteiger partial charge is 0.435 e. The molecule has 2 aliphatic heterocycles. The number of morpholine rings is 1. The van der Waals surface area contributed by atoms with Crippen molar-refractivity contribution in [3.63, 3.8) is 0 Å². The van der Waals surface area contributed by atoms with Gasteiger partial charge in [-0.1, -0.05) is 11.6 Å². The van der Waals surface area contributed by atoms with Crippen LogP contribution in [0.3, 0.4) is 0 Å². The highest BCUT2D eigenvalue weighted by molar-refractivity contribution is 6.34. The van der Waals surface area contributed by atoms with Gasteiger partial charge in [-0.15, -0.1) is 0 Å². The third kappa shape index (κ3) is 7.15. The number of ether oxygens (including phenoxy) is 1. The first kappa shape index (κ1) is 35.1. The molecule has 1 aromatic carbocycles. The summed E-state index contributed by atoms with van der Waals surface area (Å²) in [4.78, 5) is 63.2. The molecule has 51 heavy (non-hydrogen) atoms. The fourth-order valence-corrected chi connectivity index (χ4v) is 6.05. The van der Waals surface area contributed by atoms with E-state index < -0.39 is 41.7 Å². The Morgan fingerprint density at radius 1 is 1.02 bits per heavy atom. The van der Waals surface area contributed by atoms with Crippen LogP contribution in [0.25, 0.3) is 17.1 Å². The molecule has 4 N–H and O–H groups in total. The number of piperazine rings is 1. The minimum Gasteiger partial charge on any atom is -0.465 e. The number of carbonyl (C=O) groups excluding carboxylic acids is 3. The van der Waals surface area contributed by atoms with Crippen molar-refractivity contribution < 1.29 is 42.2 Å². The third-order valence-electron chi connectivity index (χ3n) is 8.45. The van der Waals surface area contributed by atoms with Crippen molar-refractivity contribution in [1.82, 2.24) is 39.0 Å². The van der Waals surface area contributed by atoms with Gasteiger partial charge in [0.05, 0.1) is 53.1 Å². The largest absolute Gasteiger partial charge is 0.465 e. The van der Waals surface area contributed by atoms with Crippen molar-refractivity contribution in [2.45, 2.75) is 12.2 Å². The third-order valence-corrected chi connectivity index (χ3v) is 8.76. The second-order valence-corrected chi connectivity index (χ2v) is 12.0. The van der Waals surface area contributed by atoms with Gasteiger partial charge in [0.15, 0.2) is 17.3 Å². The number of imidazole rings is 1. The SMILES string of the molecule is Cn1c(-c2cn(-c3ccc(N)cn3)nc2C(F)(F)F)cnc1C(=O)Nc1ccc(C(=O)N2CCN(C(=O)[C@@H]3COCCN3C(=O)O)CC2)c(Cl)c1. The van der Waals surface area contributed by atoms with E-state index in [1.54, 1.807) is 0 Å². The number of alkyl halides is 3. The van der Waals surface area contributed by atoms with Gasteiger partial charge in [-0.3, -0.25) is 19.3 Å². The minimum absolute atomic E-state index is 0.0202. The molecule has 5 heterocycles. The first-order valence-corrected chi connectivity index (χ1v) is 15.8. The molecular formula is C31H30ClF3N10O6. The molecule has 268 valence electrons. The number of hydrogen-bond acceptors (Lipinski definition) is 9. The molecule has 0 spiro atoms. The zero-order chi connectivity index (χ0) is 36.6. The first-order valence-electron chi connectivity index (χ1n) is 15.4. The van der Waals surface area contributed by atoms with Crippen molar-refractivity contribution in [2.75, 3.05) is 57.0 Å². The summed E-state index contributed by atoms with van der Waals surface area (Å²) in [6, 6.07) is 6.13. The number of amides is 4. The summed E-state index contributed by atoms with van der Waals surface area (Å²) in [6.45, 7) is 0.944. The lowest BCUT2D eigenvalue weighted by molar-refractivity contribution is -0.143. The number of aromatic nitrogens is 5. The lowest BCUT2D eigenvalue weighted by atomic mass is 10.1. The number of nitrogen functional groups attached to an aromatic ring is 1. The fraction of sp³-hybridized carbons (Fsp3) is 0.323. The summed E-state index contributed by atoms with van der Waals surface area (Å²) in [5.74, 6) is -1.69. The van der Waals surface area contributed by atoms with Gasteiger partial charge < -0.3 is 35.3 Å². The van der Waals surface area contributed by atoms with Crippen LogP contribution in [0.1, 0.15) is 26.7 Å². The number of nitrogens with zero attached hydrogens (tertiary/aromatic N) is 8. The Labute approximate surface area is 292 Å². The zero-order valence-electron chi connectivity index (χ0n) is 26.8. The van der Waals surface area contributed by atoms with E-state index in [1.807, 2.05) is 0 Å². The van der Waals surface area contributed by atoms with Crippen LogP contribution < -0.4 is 11.1 Å². The van der Waals surface area contributed by atoms with Gasteiger partial charge in [0.2, 0.25) is 5.91 Å². The Morgan fingerprint density at radius 3 is 2.39 bits per heavy atom. The molecule has 4 amide bonds. The minimum atomic E-state index is -4.84. The van der Waals surface area contributed by atoms with Gasteiger partial charge in [-0.2, -0.15) is 18.3 Å². The van der Waals surface area contributed by atoms with E-state index >= 15 is 0 Å². The zero-order valence-corrected chi connectivity index (χ0v) is 27.6. The van der Waals surface area contributed by atoms with Crippen molar-refractivity contribution in [2.24, 2.45) is 7.05 Å². The Hall–Kier alpha value is -5.69. The standard InChI is InChI=1S/C31H30ClF3N10O6/c1-41-22(20-15-45(40-25(20)31(33,34)35)24-5-2-17(36)13-37-24)14-38-26(41)27(46)39-18-3-4-19(21(32)12-18)28(47)42-6-8-43(9-7-42)29(48)23-16-51-11-10-44(23)30(49)50/h2-5,12-15,23H,6-11,16,36H2,1H3,(H,39,46)(H,49,50)/t23-/m0/s1. The van der Waals surface area contributed by atoms with E-state index in [-0.39, 0.29) is 85.1 Å². The number of benzene rings is 1. The number of nitrogens with two attached hydrogens (primary N) is 1. The lowest BCUT2D eigenvalue weighted by Crippen LogP contribution is -2.59. The molecular weight excluding hydrogens is 701 g/mol. The van der Waals surface area contributed by atoms with Crippen molar-refractivity contribution >= 4 is 46.8 Å². The van der Waals surface area contributed by atoms with E-state index in [2.05, 4.69) is 20.4 Å². The van der Waals surface area contributed by atoms with Gasteiger partial charge >= 0.3 is 12.3 Å². The Balaban J connectivity index is 1.12. The number of carbonyl (C=O) groups is 4. The molecule has 0 radical (unpaired) electrons. The summed E-state index contributed by atoms with van der Waals surface area (Å²) >= 11 is 6.45. The van der Waals surface area contributed by atoms with E-state index in [0.717, 1.165) is 22.0 Å². The average Bonchev–Trinajstić information content (AvgIpc) is 3.72. The Morgan fingerprint density at radius 2 is 1.75 bits per heavy atom. The maximum Gasteiger partial charge on any atom is 0.435 e. The normalized spacial score (nSPS) is 16.6. The van der Waals surface area contributed by atoms with Gasteiger partial charge in [-0.25, -0.2) is 19.4 Å². The van der Waals surface area contributed by atoms with Gasteiger partial charge in [-0.05, 0) is 30.3 Å². The van der Waals surface area contributed by atoms with Crippen LogP contribution in [0.2, 0.25) is 5.02 Å². The Kier molecular flexibility index (Phi) is 9.58. The van der Waals surface area contributed by atoms with E-state index in [4.69, 9.17) is 22.1 Å². The van der Waals surface area contributed by atoms with Crippen molar-refractivity contribution in [3.05, 3.63) is 71.0 Å². The highest BCUT2D eigenvalue weighted by Gasteiger charge is 2.39. The van der Waals surface area contributed by atoms with Crippen molar-refractivity contribution in [1.29, 1.82) is 0 Å². The molecule has 16 nitrogen and oxygen atoms in total. The van der Waals surface area contributed by atoms with Crippen LogP contribution in [-0.2, 0) is 22.8 Å². The molecule has 0 bridgehead atoms. The molecule has 6 rings (SSSR count). The summed E-state index contributed by atoms with van der Waals surface area (Å²) < 4.78 is 49.5. The maximum absolute atomic E-state index is 14.0. The molecule has 1 atom stereocenters. The van der Waals surface area contributed by atoms with E-state index in [1.165, 1.54) is 57.9 Å². The highest BCUT2D eigenvalue weighted by Crippen LogP contribution is 2.37. The molecule has 0 unspecified atom stereocenters. The average molecular weight is 731 g/mol. The number of carboxylic acid groups (broad SMARTS) is 1. The lowest BCUT2D eigenvalue weighted by Gasteiger charge is -2.39. The predicted octanol–water partition coefficient (Wildman–Crippen LogP) is 2.84. The summed E-state index contributed by atoms with van der Waals surface area (Å²) in [5, 5.41) is 15.7. The predicted molar refractivity (Wildman–Crippen MR) is 174 cm³/mol. The van der Waals surface area contributed by atoms with Crippen LogP contribution in [0.15, 0.2) is 48.9 Å². The number of nitrogens with one attached hydrogen (secondary N) is 1. The molecule has 3 aromatic heterocycles. The number of rotatable bonds is 6. The quantitative estimate of drug-likeness (QED) is 0.266. The highest BCUT2D eigenvalue weighted by atomic mass is 35.5.